The fraction of sp³-hybridized carbons (Fsp3) is 0.167. The Morgan fingerprint density at radius 3 is 2.50 bits per heavy atom. The molecule has 8 heteroatoms. The third kappa shape index (κ3) is 3.92. The third-order valence-electron chi connectivity index (χ3n) is 3.80. The van der Waals surface area contributed by atoms with Crippen molar-refractivity contribution >= 4 is 28.4 Å². The Bertz CT molecular complexity index is 1010. The molecule has 3 aromatic rings. The van der Waals surface area contributed by atoms with Crippen molar-refractivity contribution in [2.45, 2.75) is 13.0 Å². The van der Waals surface area contributed by atoms with Crippen LogP contribution in [-0.2, 0) is 22.6 Å². The van der Waals surface area contributed by atoms with E-state index < -0.39 is 5.91 Å². The first-order valence-electron chi connectivity index (χ1n) is 7.99. The molecule has 3 rings (SSSR count). The maximum atomic E-state index is 12.3. The van der Waals surface area contributed by atoms with Gasteiger partial charge in [-0.2, -0.15) is 0 Å². The van der Waals surface area contributed by atoms with Crippen molar-refractivity contribution in [2.75, 3.05) is 12.4 Å². The topological polar surface area (TPSA) is 106 Å². The van der Waals surface area contributed by atoms with Gasteiger partial charge in [0.25, 0.3) is 5.56 Å². The van der Waals surface area contributed by atoms with Crippen LogP contribution in [0.5, 0.6) is 0 Å². The highest BCUT2D eigenvalue weighted by molar-refractivity contribution is 5.90. The van der Waals surface area contributed by atoms with Gasteiger partial charge in [0.05, 0.1) is 11.8 Å². The zero-order chi connectivity index (χ0) is 18.5. The molecule has 0 bridgehead atoms. The standard InChI is InChI=1S/C18H17N5O3/c1-19-16(24)10-12-6-8-13(9-7-12)20-17(25)11-23-18(26)14-4-2-3-5-15(14)21-22-23/h2-9H,10-11H2,1H3,(H,19,24)(H,20,25). The van der Waals surface area contributed by atoms with Crippen LogP contribution in [0.3, 0.4) is 0 Å². The fourth-order valence-electron chi connectivity index (χ4n) is 2.44. The van der Waals surface area contributed by atoms with Gasteiger partial charge >= 0.3 is 0 Å². The molecule has 0 aliphatic carbocycles. The number of nitrogens with one attached hydrogen (secondary N) is 2. The van der Waals surface area contributed by atoms with Gasteiger partial charge in [-0.05, 0) is 29.8 Å². The van der Waals surface area contributed by atoms with Gasteiger partial charge in [0.2, 0.25) is 11.8 Å². The molecule has 0 fully saturated rings. The second kappa shape index (κ2) is 7.56. The predicted molar refractivity (Wildman–Crippen MR) is 96.6 cm³/mol. The number of rotatable bonds is 5. The molecule has 0 aliphatic heterocycles. The molecule has 26 heavy (non-hydrogen) atoms. The summed E-state index contributed by atoms with van der Waals surface area (Å²) in [5.41, 5.74) is 1.52. The van der Waals surface area contributed by atoms with Gasteiger partial charge in [-0.25, -0.2) is 4.68 Å². The van der Waals surface area contributed by atoms with Crippen molar-refractivity contribution in [3.05, 3.63) is 64.4 Å². The number of amides is 2. The average molecular weight is 351 g/mol. The number of benzene rings is 2. The molecule has 1 heterocycles. The fourth-order valence-corrected chi connectivity index (χ4v) is 2.44. The van der Waals surface area contributed by atoms with Crippen molar-refractivity contribution in [1.82, 2.24) is 20.3 Å². The van der Waals surface area contributed by atoms with E-state index in [-0.39, 0.29) is 24.4 Å². The smallest absolute Gasteiger partial charge is 0.278 e. The van der Waals surface area contributed by atoms with E-state index in [2.05, 4.69) is 20.9 Å². The number of anilines is 1. The molecule has 8 nitrogen and oxygen atoms in total. The van der Waals surface area contributed by atoms with Crippen LogP contribution in [0.2, 0.25) is 0 Å². The summed E-state index contributed by atoms with van der Waals surface area (Å²) < 4.78 is 1.03. The van der Waals surface area contributed by atoms with Gasteiger partial charge in [-0.1, -0.05) is 29.5 Å². The zero-order valence-corrected chi connectivity index (χ0v) is 14.1. The van der Waals surface area contributed by atoms with Crippen LogP contribution >= 0.6 is 0 Å². The van der Waals surface area contributed by atoms with Crippen LogP contribution in [0.25, 0.3) is 10.9 Å². The normalized spacial score (nSPS) is 10.5. The van der Waals surface area contributed by atoms with Crippen molar-refractivity contribution < 1.29 is 9.59 Å². The number of likely N-dealkylation sites (N-methyl/N-ethyl adjacent to an activating group) is 1. The molecule has 0 unspecified atom stereocenters. The first kappa shape index (κ1) is 17.3. The van der Waals surface area contributed by atoms with Gasteiger partial charge in [-0.15, -0.1) is 5.10 Å². The molecule has 0 saturated carbocycles. The quantitative estimate of drug-likeness (QED) is 0.704. The Morgan fingerprint density at radius 2 is 1.77 bits per heavy atom. The molecular weight excluding hydrogens is 334 g/mol. The Labute approximate surface area is 148 Å². The first-order chi connectivity index (χ1) is 12.6. The van der Waals surface area contributed by atoms with E-state index in [4.69, 9.17) is 0 Å². The van der Waals surface area contributed by atoms with E-state index in [9.17, 15) is 14.4 Å². The second-order valence-corrected chi connectivity index (χ2v) is 5.66. The summed E-state index contributed by atoms with van der Waals surface area (Å²) in [6, 6.07) is 13.7. The monoisotopic (exact) mass is 351 g/mol. The number of hydrogen-bond acceptors (Lipinski definition) is 5. The van der Waals surface area contributed by atoms with Crippen molar-refractivity contribution in [1.29, 1.82) is 0 Å². The van der Waals surface area contributed by atoms with Crippen molar-refractivity contribution in [3.8, 4) is 0 Å². The number of carbonyl (C=O) groups excluding carboxylic acids is 2. The zero-order valence-electron chi connectivity index (χ0n) is 14.1. The lowest BCUT2D eigenvalue weighted by atomic mass is 10.1. The highest BCUT2D eigenvalue weighted by Crippen LogP contribution is 2.10. The van der Waals surface area contributed by atoms with E-state index in [1.807, 2.05) is 0 Å². The van der Waals surface area contributed by atoms with E-state index in [1.54, 1.807) is 55.6 Å². The maximum absolute atomic E-state index is 12.3. The Morgan fingerprint density at radius 1 is 1.04 bits per heavy atom. The number of hydrogen-bond donors (Lipinski definition) is 2. The SMILES string of the molecule is CNC(=O)Cc1ccc(NC(=O)Cn2nnc3ccccc3c2=O)cc1. The minimum atomic E-state index is -0.393. The number of carbonyl (C=O) groups is 2. The van der Waals surface area contributed by atoms with Gasteiger partial charge < -0.3 is 10.6 Å². The molecule has 132 valence electrons. The third-order valence-corrected chi connectivity index (χ3v) is 3.80. The Balaban J connectivity index is 1.68. The summed E-state index contributed by atoms with van der Waals surface area (Å²) in [6.07, 6.45) is 0.271. The summed E-state index contributed by atoms with van der Waals surface area (Å²) >= 11 is 0. The summed E-state index contributed by atoms with van der Waals surface area (Å²) in [5.74, 6) is -0.480. The van der Waals surface area contributed by atoms with Crippen LogP contribution < -0.4 is 16.2 Å². The largest absolute Gasteiger partial charge is 0.359 e. The Kier molecular flexibility index (Phi) is 5.02. The van der Waals surface area contributed by atoms with Gasteiger partial charge in [0.1, 0.15) is 12.1 Å². The average Bonchev–Trinajstić information content (AvgIpc) is 2.65. The molecule has 2 amide bonds. The highest BCUT2D eigenvalue weighted by atomic mass is 16.2. The summed E-state index contributed by atoms with van der Waals surface area (Å²) in [5, 5.41) is 13.4. The molecular formula is C18H17N5O3. The number of aromatic nitrogens is 3. The van der Waals surface area contributed by atoms with Crippen LogP contribution in [0, 0.1) is 0 Å². The minimum Gasteiger partial charge on any atom is -0.359 e. The lowest BCUT2D eigenvalue weighted by Crippen LogP contribution is -2.30. The van der Waals surface area contributed by atoms with E-state index in [1.165, 1.54) is 0 Å². The van der Waals surface area contributed by atoms with Gasteiger partial charge in [0, 0.05) is 12.7 Å². The highest BCUT2D eigenvalue weighted by Gasteiger charge is 2.10. The number of nitrogens with zero attached hydrogens (tertiary/aromatic N) is 3. The second-order valence-electron chi connectivity index (χ2n) is 5.66. The lowest BCUT2D eigenvalue weighted by Gasteiger charge is -2.08. The van der Waals surface area contributed by atoms with Crippen molar-refractivity contribution in [2.24, 2.45) is 0 Å². The number of fused-ring (bicyclic) bond motifs is 1. The predicted octanol–water partition coefficient (Wildman–Crippen LogP) is 0.719. The summed E-state index contributed by atoms with van der Waals surface area (Å²) in [7, 11) is 1.58. The van der Waals surface area contributed by atoms with Crippen molar-refractivity contribution in [3.63, 3.8) is 0 Å². The Hall–Kier alpha value is -3.55. The van der Waals surface area contributed by atoms with Gasteiger partial charge in [-0.3, -0.25) is 14.4 Å². The van der Waals surface area contributed by atoms with Crippen LogP contribution in [0.4, 0.5) is 5.69 Å². The van der Waals surface area contributed by atoms with Crippen LogP contribution in [0.15, 0.2) is 53.3 Å². The van der Waals surface area contributed by atoms with Gasteiger partial charge in [0.15, 0.2) is 0 Å². The first-order valence-corrected chi connectivity index (χ1v) is 7.99. The molecule has 1 aromatic heterocycles. The summed E-state index contributed by atoms with van der Waals surface area (Å²) in [4.78, 5) is 35.9. The van der Waals surface area contributed by atoms with E-state index in [0.717, 1.165) is 10.2 Å². The minimum absolute atomic E-state index is 0.0870. The maximum Gasteiger partial charge on any atom is 0.278 e. The molecule has 0 saturated heterocycles. The molecule has 0 spiro atoms. The van der Waals surface area contributed by atoms with Crippen LogP contribution in [0.1, 0.15) is 5.56 Å². The van der Waals surface area contributed by atoms with Crippen LogP contribution in [-0.4, -0.2) is 33.9 Å². The van der Waals surface area contributed by atoms with E-state index in [0.29, 0.717) is 16.6 Å². The molecule has 0 radical (unpaired) electrons. The summed E-state index contributed by atoms with van der Waals surface area (Å²) in [6.45, 7) is -0.239. The van der Waals surface area contributed by atoms with E-state index >= 15 is 0 Å². The lowest BCUT2D eigenvalue weighted by molar-refractivity contribution is -0.120. The molecule has 2 aromatic carbocycles. The molecule has 2 N–H and O–H groups in total. The molecule has 0 atom stereocenters. The molecule has 0 aliphatic rings.